The molecule has 0 atom stereocenters. The average molecular weight is 232 g/mol. The van der Waals surface area contributed by atoms with Crippen molar-refractivity contribution < 1.29 is 13.9 Å². The van der Waals surface area contributed by atoms with Crippen LogP contribution in [0.1, 0.15) is 16.8 Å². The monoisotopic (exact) mass is 231 g/mol. The summed E-state index contributed by atoms with van der Waals surface area (Å²) in [6, 6.07) is 2.80. The number of carbonyl (C=O) groups excluding carboxylic acids is 1. The standard InChI is InChI=1S/C10H11ClFNO2/c1-15-8-3-2-6(7(14)4-5-13)10(12)9(8)11/h2-3H,4-5,13H2,1H3. The van der Waals surface area contributed by atoms with Gasteiger partial charge in [-0.15, -0.1) is 0 Å². The molecule has 2 N–H and O–H groups in total. The minimum atomic E-state index is -0.755. The van der Waals surface area contributed by atoms with Gasteiger partial charge < -0.3 is 10.5 Å². The molecular weight excluding hydrogens is 221 g/mol. The number of halogens is 2. The Balaban J connectivity index is 3.11. The lowest BCUT2D eigenvalue weighted by Gasteiger charge is -2.07. The largest absolute Gasteiger partial charge is 0.495 e. The molecule has 0 aliphatic rings. The number of ketones is 1. The van der Waals surface area contributed by atoms with Crippen LogP contribution in [0.5, 0.6) is 5.75 Å². The van der Waals surface area contributed by atoms with Gasteiger partial charge in [0, 0.05) is 6.42 Å². The Kier molecular flexibility index (Phi) is 4.05. The van der Waals surface area contributed by atoms with Gasteiger partial charge in [-0.2, -0.15) is 0 Å². The Morgan fingerprint density at radius 1 is 1.60 bits per heavy atom. The molecule has 1 aromatic carbocycles. The summed E-state index contributed by atoms with van der Waals surface area (Å²) in [5, 5.41) is -0.180. The first-order valence-electron chi connectivity index (χ1n) is 4.37. The molecule has 0 saturated heterocycles. The third kappa shape index (κ3) is 2.46. The molecule has 0 spiro atoms. The maximum Gasteiger partial charge on any atom is 0.167 e. The van der Waals surface area contributed by atoms with E-state index >= 15 is 0 Å². The summed E-state index contributed by atoms with van der Waals surface area (Å²) in [6.45, 7) is 0.182. The fraction of sp³-hybridized carbons (Fsp3) is 0.300. The summed E-state index contributed by atoms with van der Waals surface area (Å²) in [5.41, 5.74) is 5.16. The van der Waals surface area contributed by atoms with Crippen LogP contribution in [-0.2, 0) is 0 Å². The van der Waals surface area contributed by atoms with Gasteiger partial charge in [-0.1, -0.05) is 11.6 Å². The van der Waals surface area contributed by atoms with Gasteiger partial charge in [0.15, 0.2) is 11.6 Å². The summed E-state index contributed by atoms with van der Waals surface area (Å²) in [7, 11) is 1.38. The summed E-state index contributed by atoms with van der Waals surface area (Å²) >= 11 is 5.66. The maximum atomic E-state index is 13.5. The Hall–Kier alpha value is -1.13. The third-order valence-electron chi connectivity index (χ3n) is 1.94. The highest BCUT2D eigenvalue weighted by Gasteiger charge is 2.16. The number of hydrogen-bond acceptors (Lipinski definition) is 3. The van der Waals surface area contributed by atoms with Crippen LogP contribution in [0.3, 0.4) is 0 Å². The summed E-state index contributed by atoms with van der Waals surface area (Å²) in [4.78, 5) is 11.4. The molecule has 5 heteroatoms. The highest BCUT2D eigenvalue weighted by molar-refractivity contribution is 6.32. The minimum Gasteiger partial charge on any atom is -0.495 e. The van der Waals surface area contributed by atoms with Gasteiger partial charge in [0.05, 0.1) is 12.7 Å². The predicted octanol–water partition coefficient (Wildman–Crippen LogP) is 2.02. The van der Waals surface area contributed by atoms with Crippen LogP contribution in [0.4, 0.5) is 4.39 Å². The predicted molar refractivity (Wildman–Crippen MR) is 56.0 cm³/mol. The van der Waals surface area contributed by atoms with Gasteiger partial charge in [0.2, 0.25) is 0 Å². The molecule has 1 rings (SSSR count). The highest BCUT2D eigenvalue weighted by Crippen LogP contribution is 2.29. The van der Waals surface area contributed by atoms with E-state index in [1.54, 1.807) is 0 Å². The van der Waals surface area contributed by atoms with E-state index in [2.05, 4.69) is 0 Å². The quantitative estimate of drug-likeness (QED) is 0.807. The lowest BCUT2D eigenvalue weighted by Crippen LogP contribution is -2.10. The van der Waals surface area contributed by atoms with Gasteiger partial charge >= 0.3 is 0 Å². The van der Waals surface area contributed by atoms with Crippen molar-refractivity contribution in [3.63, 3.8) is 0 Å². The molecule has 0 unspecified atom stereocenters. The molecule has 15 heavy (non-hydrogen) atoms. The summed E-state index contributed by atoms with van der Waals surface area (Å²) in [6.07, 6.45) is 0.0968. The van der Waals surface area contributed by atoms with E-state index < -0.39 is 5.82 Å². The number of methoxy groups -OCH3 is 1. The van der Waals surface area contributed by atoms with E-state index in [1.165, 1.54) is 19.2 Å². The first-order valence-corrected chi connectivity index (χ1v) is 4.74. The van der Waals surface area contributed by atoms with Crippen molar-refractivity contribution >= 4 is 17.4 Å². The fourth-order valence-electron chi connectivity index (χ4n) is 1.17. The van der Waals surface area contributed by atoms with Crippen molar-refractivity contribution in [2.75, 3.05) is 13.7 Å². The van der Waals surface area contributed by atoms with Crippen molar-refractivity contribution in [1.29, 1.82) is 0 Å². The van der Waals surface area contributed by atoms with Gasteiger partial charge in [-0.25, -0.2) is 4.39 Å². The third-order valence-corrected chi connectivity index (χ3v) is 2.29. The molecule has 0 amide bonds. The van der Waals surface area contributed by atoms with Gasteiger partial charge in [0.1, 0.15) is 10.8 Å². The molecule has 0 radical (unpaired) electrons. The molecule has 0 aliphatic heterocycles. The SMILES string of the molecule is COc1ccc(C(=O)CCN)c(F)c1Cl. The van der Waals surface area contributed by atoms with Crippen LogP contribution in [0, 0.1) is 5.82 Å². The molecule has 3 nitrogen and oxygen atoms in total. The van der Waals surface area contributed by atoms with Crippen molar-refractivity contribution in [3.05, 3.63) is 28.5 Å². The second kappa shape index (κ2) is 5.09. The zero-order chi connectivity index (χ0) is 11.4. The van der Waals surface area contributed by atoms with Crippen LogP contribution in [0.2, 0.25) is 5.02 Å². The van der Waals surface area contributed by atoms with E-state index in [-0.39, 0.29) is 35.1 Å². The van der Waals surface area contributed by atoms with Gasteiger partial charge in [-0.05, 0) is 18.7 Å². The molecule has 0 fully saturated rings. The van der Waals surface area contributed by atoms with Crippen molar-refractivity contribution in [3.8, 4) is 5.75 Å². The molecule has 1 aromatic rings. The van der Waals surface area contributed by atoms with E-state index in [0.717, 1.165) is 0 Å². The molecule has 0 aliphatic carbocycles. The first kappa shape index (κ1) is 11.9. The summed E-state index contributed by atoms with van der Waals surface area (Å²) in [5.74, 6) is -0.910. The van der Waals surface area contributed by atoms with Crippen LogP contribution < -0.4 is 10.5 Å². The van der Waals surface area contributed by atoms with Crippen molar-refractivity contribution in [2.45, 2.75) is 6.42 Å². The molecule has 82 valence electrons. The Morgan fingerprint density at radius 2 is 2.27 bits per heavy atom. The van der Waals surface area contributed by atoms with E-state index in [4.69, 9.17) is 22.1 Å². The van der Waals surface area contributed by atoms with E-state index in [0.29, 0.717) is 0 Å². The molecule has 0 bridgehead atoms. The smallest absolute Gasteiger partial charge is 0.167 e. The van der Waals surface area contributed by atoms with Crippen molar-refractivity contribution in [2.24, 2.45) is 5.73 Å². The van der Waals surface area contributed by atoms with Crippen LogP contribution in [0.15, 0.2) is 12.1 Å². The minimum absolute atomic E-state index is 0.0498. The number of carbonyl (C=O) groups is 1. The maximum absolute atomic E-state index is 13.5. The van der Waals surface area contributed by atoms with Crippen LogP contribution in [0.25, 0.3) is 0 Å². The summed E-state index contributed by atoms with van der Waals surface area (Å²) < 4.78 is 18.4. The number of ether oxygens (including phenoxy) is 1. The fourth-order valence-corrected chi connectivity index (χ4v) is 1.41. The first-order chi connectivity index (χ1) is 7.11. The Bertz CT molecular complexity index is 382. The van der Waals surface area contributed by atoms with E-state index in [9.17, 15) is 9.18 Å². The topological polar surface area (TPSA) is 52.3 Å². The number of hydrogen-bond donors (Lipinski definition) is 1. The number of nitrogens with two attached hydrogens (primary N) is 1. The normalized spacial score (nSPS) is 10.1. The van der Waals surface area contributed by atoms with Crippen molar-refractivity contribution in [1.82, 2.24) is 0 Å². The zero-order valence-electron chi connectivity index (χ0n) is 8.22. The van der Waals surface area contributed by atoms with Gasteiger partial charge in [-0.3, -0.25) is 4.79 Å². The van der Waals surface area contributed by atoms with Gasteiger partial charge in [0.25, 0.3) is 0 Å². The number of rotatable bonds is 4. The lowest BCUT2D eigenvalue weighted by molar-refractivity contribution is 0.0981. The molecular formula is C10H11ClFNO2. The zero-order valence-corrected chi connectivity index (χ0v) is 8.97. The lowest BCUT2D eigenvalue weighted by atomic mass is 10.1. The second-order valence-electron chi connectivity index (χ2n) is 2.91. The average Bonchev–Trinajstić information content (AvgIpc) is 2.22. The number of benzene rings is 1. The Labute approximate surface area is 92.0 Å². The highest BCUT2D eigenvalue weighted by atomic mass is 35.5. The molecule has 0 saturated carbocycles. The molecule has 0 heterocycles. The van der Waals surface area contributed by atoms with Crippen LogP contribution in [-0.4, -0.2) is 19.4 Å². The van der Waals surface area contributed by atoms with E-state index in [1.807, 2.05) is 0 Å². The Morgan fingerprint density at radius 3 is 2.80 bits per heavy atom. The number of Topliss-reactive ketones (excluding diaryl/α,β-unsaturated/α-hetero) is 1. The molecule has 0 aromatic heterocycles. The van der Waals surface area contributed by atoms with Crippen LogP contribution >= 0.6 is 11.6 Å². The second-order valence-corrected chi connectivity index (χ2v) is 3.28.